The molecule has 18 heavy (non-hydrogen) atoms. The Morgan fingerprint density at radius 2 is 2.11 bits per heavy atom. The first kappa shape index (κ1) is 13.1. The highest BCUT2D eigenvalue weighted by Crippen LogP contribution is 2.20. The Morgan fingerprint density at radius 1 is 1.39 bits per heavy atom. The summed E-state index contributed by atoms with van der Waals surface area (Å²) < 4.78 is 6.03. The summed E-state index contributed by atoms with van der Waals surface area (Å²) in [5, 5.41) is 4.70. The fourth-order valence-corrected chi connectivity index (χ4v) is 2.59. The van der Waals surface area contributed by atoms with Gasteiger partial charge in [0.1, 0.15) is 5.75 Å². The number of carbonyl (C=O) groups is 1. The van der Waals surface area contributed by atoms with Crippen molar-refractivity contribution >= 4 is 33.2 Å². The van der Waals surface area contributed by atoms with Gasteiger partial charge >= 0.3 is 0 Å². The number of halogens is 1. The Labute approximate surface area is 118 Å². The van der Waals surface area contributed by atoms with Crippen LogP contribution >= 0.6 is 27.3 Å². The van der Waals surface area contributed by atoms with E-state index in [0.717, 1.165) is 15.1 Å². The van der Waals surface area contributed by atoms with E-state index in [9.17, 15) is 4.79 Å². The van der Waals surface area contributed by atoms with Gasteiger partial charge in [0.05, 0.1) is 16.5 Å². The van der Waals surface area contributed by atoms with Gasteiger partial charge < -0.3 is 10.1 Å². The molecule has 1 N–H and O–H groups in total. The zero-order valence-electron chi connectivity index (χ0n) is 9.77. The standard InChI is InChI=1S/C13H12BrNO2S/c1-17-11-4-2-9(3-5-11)7-15-13(16)10-6-12(14)18-8-10/h2-6,8H,7H2,1H3,(H,15,16). The molecule has 0 unspecified atom stereocenters. The second kappa shape index (κ2) is 6.02. The highest BCUT2D eigenvalue weighted by Gasteiger charge is 2.07. The molecule has 0 aliphatic heterocycles. The third-order valence-electron chi connectivity index (χ3n) is 2.44. The van der Waals surface area contributed by atoms with Gasteiger partial charge in [-0.15, -0.1) is 11.3 Å². The quantitative estimate of drug-likeness (QED) is 0.935. The van der Waals surface area contributed by atoms with Crippen LogP contribution in [0, 0.1) is 0 Å². The summed E-state index contributed by atoms with van der Waals surface area (Å²) in [5.74, 6) is 0.750. The van der Waals surface area contributed by atoms with Crippen molar-refractivity contribution in [2.45, 2.75) is 6.54 Å². The van der Waals surface area contributed by atoms with Crippen molar-refractivity contribution < 1.29 is 9.53 Å². The van der Waals surface area contributed by atoms with Gasteiger partial charge in [-0.2, -0.15) is 0 Å². The molecule has 1 aromatic carbocycles. The number of ether oxygens (including phenoxy) is 1. The number of nitrogens with one attached hydrogen (secondary N) is 1. The smallest absolute Gasteiger partial charge is 0.252 e. The lowest BCUT2D eigenvalue weighted by Gasteiger charge is -2.05. The molecule has 0 atom stereocenters. The van der Waals surface area contributed by atoms with E-state index in [1.54, 1.807) is 7.11 Å². The third kappa shape index (κ3) is 3.34. The van der Waals surface area contributed by atoms with E-state index in [2.05, 4.69) is 21.2 Å². The Balaban J connectivity index is 1.92. The highest BCUT2D eigenvalue weighted by atomic mass is 79.9. The lowest BCUT2D eigenvalue weighted by atomic mass is 10.2. The van der Waals surface area contributed by atoms with Crippen molar-refractivity contribution in [3.8, 4) is 5.75 Å². The first-order valence-corrected chi connectivity index (χ1v) is 7.01. The number of rotatable bonds is 4. The van der Waals surface area contributed by atoms with Gasteiger partial charge in [-0.05, 0) is 39.7 Å². The summed E-state index contributed by atoms with van der Waals surface area (Å²) in [5.41, 5.74) is 1.72. The minimum atomic E-state index is -0.0623. The Bertz CT molecular complexity index is 536. The van der Waals surface area contributed by atoms with E-state index in [4.69, 9.17) is 4.74 Å². The van der Waals surface area contributed by atoms with Crippen molar-refractivity contribution in [2.24, 2.45) is 0 Å². The molecule has 0 saturated carbocycles. The first-order chi connectivity index (χ1) is 8.69. The molecular formula is C13H12BrNO2S. The predicted octanol–water partition coefficient (Wildman–Crippen LogP) is 3.45. The van der Waals surface area contributed by atoms with Crippen molar-refractivity contribution in [3.63, 3.8) is 0 Å². The van der Waals surface area contributed by atoms with Crippen LogP contribution in [-0.2, 0) is 6.54 Å². The Hall–Kier alpha value is -1.33. The van der Waals surface area contributed by atoms with Gasteiger partial charge in [-0.1, -0.05) is 12.1 Å². The van der Waals surface area contributed by atoms with Crippen molar-refractivity contribution in [1.82, 2.24) is 5.32 Å². The largest absolute Gasteiger partial charge is 0.497 e. The van der Waals surface area contributed by atoms with Crippen LogP contribution in [0.3, 0.4) is 0 Å². The van der Waals surface area contributed by atoms with Crippen LogP contribution < -0.4 is 10.1 Å². The molecule has 5 heteroatoms. The monoisotopic (exact) mass is 325 g/mol. The summed E-state index contributed by atoms with van der Waals surface area (Å²) in [6.45, 7) is 0.510. The van der Waals surface area contributed by atoms with Gasteiger partial charge in [0, 0.05) is 11.9 Å². The van der Waals surface area contributed by atoms with E-state index in [1.165, 1.54) is 11.3 Å². The number of thiophene rings is 1. The van der Waals surface area contributed by atoms with E-state index in [1.807, 2.05) is 35.7 Å². The first-order valence-electron chi connectivity index (χ1n) is 5.34. The molecule has 1 heterocycles. The summed E-state index contributed by atoms with van der Waals surface area (Å²) in [7, 11) is 1.63. The molecule has 0 fully saturated rings. The maximum atomic E-state index is 11.8. The van der Waals surface area contributed by atoms with Crippen LogP contribution in [0.15, 0.2) is 39.5 Å². The number of methoxy groups -OCH3 is 1. The van der Waals surface area contributed by atoms with Crippen LogP contribution in [0.4, 0.5) is 0 Å². The molecule has 1 aromatic heterocycles. The minimum absolute atomic E-state index is 0.0623. The maximum Gasteiger partial charge on any atom is 0.252 e. The van der Waals surface area contributed by atoms with Gasteiger partial charge in [0.25, 0.3) is 5.91 Å². The number of hydrogen-bond donors (Lipinski definition) is 1. The van der Waals surface area contributed by atoms with E-state index in [0.29, 0.717) is 12.1 Å². The van der Waals surface area contributed by atoms with Gasteiger partial charge in [0.15, 0.2) is 0 Å². The Morgan fingerprint density at radius 3 is 2.67 bits per heavy atom. The average Bonchev–Trinajstić information content (AvgIpc) is 2.83. The summed E-state index contributed by atoms with van der Waals surface area (Å²) in [4.78, 5) is 11.8. The zero-order chi connectivity index (χ0) is 13.0. The molecule has 2 rings (SSSR count). The second-order valence-corrected chi connectivity index (χ2v) is 5.96. The molecule has 1 amide bonds. The molecule has 0 spiro atoms. The van der Waals surface area contributed by atoms with Gasteiger partial charge in [-0.25, -0.2) is 0 Å². The maximum absolute atomic E-state index is 11.8. The molecule has 0 radical (unpaired) electrons. The van der Waals surface area contributed by atoms with Crippen LogP contribution in [0.25, 0.3) is 0 Å². The highest BCUT2D eigenvalue weighted by molar-refractivity contribution is 9.11. The summed E-state index contributed by atoms with van der Waals surface area (Å²) >= 11 is 4.84. The van der Waals surface area contributed by atoms with Crippen molar-refractivity contribution in [1.29, 1.82) is 0 Å². The van der Waals surface area contributed by atoms with Crippen LogP contribution in [-0.4, -0.2) is 13.0 Å². The van der Waals surface area contributed by atoms with Crippen LogP contribution in [0.1, 0.15) is 15.9 Å². The fourth-order valence-electron chi connectivity index (χ4n) is 1.46. The average molecular weight is 326 g/mol. The molecule has 0 aliphatic carbocycles. The van der Waals surface area contributed by atoms with E-state index < -0.39 is 0 Å². The summed E-state index contributed by atoms with van der Waals surface area (Å²) in [6.07, 6.45) is 0. The fraction of sp³-hybridized carbons (Fsp3) is 0.154. The van der Waals surface area contributed by atoms with Crippen LogP contribution in [0.2, 0.25) is 0 Å². The van der Waals surface area contributed by atoms with Crippen molar-refractivity contribution in [3.05, 3.63) is 50.6 Å². The van der Waals surface area contributed by atoms with E-state index in [-0.39, 0.29) is 5.91 Å². The minimum Gasteiger partial charge on any atom is -0.497 e. The Kier molecular flexibility index (Phi) is 4.38. The topological polar surface area (TPSA) is 38.3 Å². The van der Waals surface area contributed by atoms with Crippen LogP contribution in [0.5, 0.6) is 5.75 Å². The predicted molar refractivity (Wildman–Crippen MR) is 76.2 cm³/mol. The molecule has 3 nitrogen and oxygen atoms in total. The number of carbonyl (C=O) groups excluding carboxylic acids is 1. The van der Waals surface area contributed by atoms with Gasteiger partial charge in [-0.3, -0.25) is 4.79 Å². The lowest BCUT2D eigenvalue weighted by molar-refractivity contribution is 0.0951. The zero-order valence-corrected chi connectivity index (χ0v) is 12.2. The lowest BCUT2D eigenvalue weighted by Crippen LogP contribution is -2.22. The molecule has 0 aliphatic rings. The molecule has 0 bridgehead atoms. The van der Waals surface area contributed by atoms with Crippen molar-refractivity contribution in [2.75, 3.05) is 7.11 Å². The molecule has 0 saturated heterocycles. The second-order valence-electron chi connectivity index (χ2n) is 3.67. The SMILES string of the molecule is COc1ccc(CNC(=O)c2csc(Br)c2)cc1. The number of hydrogen-bond acceptors (Lipinski definition) is 3. The van der Waals surface area contributed by atoms with E-state index >= 15 is 0 Å². The normalized spacial score (nSPS) is 10.1. The summed E-state index contributed by atoms with van der Waals surface area (Å²) in [6, 6.07) is 9.44. The number of amides is 1. The number of benzene rings is 1. The molecule has 2 aromatic rings. The molecule has 94 valence electrons. The molecular weight excluding hydrogens is 314 g/mol. The third-order valence-corrected chi connectivity index (χ3v) is 3.95. The van der Waals surface area contributed by atoms with Gasteiger partial charge in [0.2, 0.25) is 0 Å².